The number of nitrogens with zero attached hydrogens (tertiary/aromatic N) is 2. The molecule has 1 N–H and O–H groups in total. The molecule has 2 heterocycles. The maximum Gasteiger partial charge on any atom is 0.277 e. The molecule has 0 saturated carbocycles. The summed E-state index contributed by atoms with van der Waals surface area (Å²) in [6.45, 7) is 0. The number of carbonyl (C=O) groups excluding carboxylic acids is 1. The Morgan fingerprint density at radius 3 is 2.93 bits per heavy atom. The van der Waals surface area contributed by atoms with Gasteiger partial charge in [0, 0.05) is 12.1 Å². The Hall–Kier alpha value is -1.87. The summed E-state index contributed by atoms with van der Waals surface area (Å²) in [4.78, 5) is 12.2. The predicted octanol–water partition coefficient (Wildman–Crippen LogP) is 2.27. The lowest BCUT2D eigenvalue weighted by Crippen LogP contribution is -2.14. The van der Waals surface area contributed by atoms with Crippen molar-refractivity contribution in [2.45, 2.75) is 37.3 Å². The standard InChI is InChI=1S/C18H21N3O4S2/c22-16(19-15-5-4-13-2-1-3-14(13)9-15)10-26-18-21-20-17(25-18)8-12-6-7-27(23,24)11-12/h4-5,9,12H,1-3,6-8,10-11H2,(H,19,22)/t12-/m1/s1. The molecule has 144 valence electrons. The van der Waals surface area contributed by atoms with Crippen molar-refractivity contribution in [3.8, 4) is 0 Å². The lowest BCUT2D eigenvalue weighted by molar-refractivity contribution is -0.113. The van der Waals surface area contributed by atoms with Crippen LogP contribution in [0.3, 0.4) is 0 Å². The van der Waals surface area contributed by atoms with E-state index in [9.17, 15) is 13.2 Å². The maximum absolute atomic E-state index is 12.2. The third-order valence-electron chi connectivity index (χ3n) is 4.95. The van der Waals surface area contributed by atoms with E-state index in [0.29, 0.717) is 24.0 Å². The molecule has 7 nitrogen and oxygen atoms in total. The zero-order chi connectivity index (χ0) is 18.9. The van der Waals surface area contributed by atoms with Gasteiger partial charge in [-0.1, -0.05) is 17.8 Å². The fourth-order valence-electron chi connectivity index (χ4n) is 3.63. The molecule has 2 aliphatic rings. The Morgan fingerprint density at radius 1 is 1.26 bits per heavy atom. The van der Waals surface area contributed by atoms with Gasteiger partial charge in [0.15, 0.2) is 9.84 Å². The van der Waals surface area contributed by atoms with Crippen LogP contribution in [0.25, 0.3) is 0 Å². The van der Waals surface area contributed by atoms with Gasteiger partial charge in [0.25, 0.3) is 5.22 Å². The Labute approximate surface area is 162 Å². The highest BCUT2D eigenvalue weighted by atomic mass is 32.2. The number of hydrogen-bond acceptors (Lipinski definition) is 7. The smallest absolute Gasteiger partial charge is 0.277 e. The van der Waals surface area contributed by atoms with Crippen molar-refractivity contribution in [1.82, 2.24) is 10.2 Å². The van der Waals surface area contributed by atoms with Crippen LogP contribution < -0.4 is 5.32 Å². The highest BCUT2D eigenvalue weighted by Crippen LogP contribution is 2.26. The van der Waals surface area contributed by atoms with Crippen LogP contribution in [0, 0.1) is 5.92 Å². The molecule has 1 fully saturated rings. The molecule has 0 radical (unpaired) electrons. The molecule has 1 aliphatic heterocycles. The second-order valence-corrected chi connectivity index (χ2v) is 10.3. The summed E-state index contributed by atoms with van der Waals surface area (Å²) in [6, 6.07) is 6.07. The molecule has 2 aromatic rings. The quantitative estimate of drug-likeness (QED) is 0.733. The fraction of sp³-hybridized carbons (Fsp3) is 0.500. The molecule has 1 aromatic heterocycles. The summed E-state index contributed by atoms with van der Waals surface area (Å²) in [7, 11) is -2.91. The number of aryl methyl sites for hydroxylation is 2. The average molecular weight is 408 g/mol. The van der Waals surface area contributed by atoms with Crippen LogP contribution in [0.15, 0.2) is 27.8 Å². The molecule has 27 heavy (non-hydrogen) atoms. The summed E-state index contributed by atoms with van der Waals surface area (Å²) < 4.78 is 28.6. The van der Waals surface area contributed by atoms with Gasteiger partial charge in [-0.2, -0.15) is 0 Å². The van der Waals surface area contributed by atoms with Crippen molar-refractivity contribution in [2.24, 2.45) is 5.92 Å². The number of fused-ring (bicyclic) bond motifs is 1. The SMILES string of the molecule is O=C(CSc1nnc(C[C@H]2CCS(=O)(=O)C2)o1)Nc1ccc2c(c1)CCC2. The van der Waals surface area contributed by atoms with Crippen molar-refractivity contribution in [3.05, 3.63) is 35.2 Å². The van der Waals surface area contributed by atoms with Crippen molar-refractivity contribution in [1.29, 1.82) is 0 Å². The van der Waals surface area contributed by atoms with Gasteiger partial charge in [0.05, 0.1) is 17.3 Å². The number of hydrogen-bond donors (Lipinski definition) is 1. The van der Waals surface area contributed by atoms with E-state index in [4.69, 9.17) is 4.42 Å². The molecule has 0 bridgehead atoms. The van der Waals surface area contributed by atoms with Gasteiger partial charge in [-0.3, -0.25) is 4.79 Å². The third-order valence-corrected chi connectivity index (χ3v) is 7.60. The number of aromatic nitrogens is 2. The molecule has 1 amide bonds. The fourth-order valence-corrected chi connectivity index (χ4v) is 6.08. The molecular weight excluding hydrogens is 386 g/mol. The van der Waals surface area contributed by atoms with E-state index in [0.717, 1.165) is 18.5 Å². The molecule has 1 saturated heterocycles. The van der Waals surface area contributed by atoms with E-state index >= 15 is 0 Å². The van der Waals surface area contributed by atoms with E-state index in [-0.39, 0.29) is 29.1 Å². The monoisotopic (exact) mass is 407 g/mol. The highest BCUT2D eigenvalue weighted by Gasteiger charge is 2.29. The molecule has 0 unspecified atom stereocenters. The van der Waals surface area contributed by atoms with Gasteiger partial charge in [-0.15, -0.1) is 10.2 Å². The average Bonchev–Trinajstić information content (AvgIpc) is 3.33. The number of rotatable bonds is 6. The number of nitrogens with one attached hydrogen (secondary N) is 1. The second kappa shape index (κ2) is 7.63. The van der Waals surface area contributed by atoms with E-state index in [2.05, 4.69) is 21.6 Å². The largest absolute Gasteiger partial charge is 0.416 e. The molecule has 1 aromatic carbocycles. The van der Waals surface area contributed by atoms with E-state index < -0.39 is 9.84 Å². The molecule has 1 aliphatic carbocycles. The van der Waals surface area contributed by atoms with Crippen molar-refractivity contribution in [3.63, 3.8) is 0 Å². The Morgan fingerprint density at radius 2 is 2.11 bits per heavy atom. The van der Waals surface area contributed by atoms with E-state index in [1.54, 1.807) is 0 Å². The highest BCUT2D eigenvalue weighted by molar-refractivity contribution is 7.99. The first-order valence-corrected chi connectivity index (χ1v) is 11.8. The topological polar surface area (TPSA) is 102 Å². The van der Waals surface area contributed by atoms with E-state index in [1.807, 2.05) is 12.1 Å². The van der Waals surface area contributed by atoms with Crippen LogP contribution in [0.1, 0.15) is 29.9 Å². The predicted molar refractivity (Wildman–Crippen MR) is 103 cm³/mol. The van der Waals surface area contributed by atoms with Crippen LogP contribution in [-0.2, 0) is 33.9 Å². The first kappa shape index (κ1) is 18.5. The minimum Gasteiger partial charge on any atom is -0.416 e. The zero-order valence-electron chi connectivity index (χ0n) is 14.8. The number of thioether (sulfide) groups is 1. The van der Waals surface area contributed by atoms with Crippen molar-refractivity contribution in [2.75, 3.05) is 22.6 Å². The zero-order valence-corrected chi connectivity index (χ0v) is 16.4. The summed E-state index contributed by atoms with van der Waals surface area (Å²) in [5.74, 6) is 0.933. The first-order chi connectivity index (χ1) is 13.0. The van der Waals surface area contributed by atoms with E-state index in [1.165, 1.54) is 29.3 Å². The van der Waals surface area contributed by atoms with Gasteiger partial charge in [-0.05, 0) is 54.9 Å². The molecule has 9 heteroatoms. The first-order valence-electron chi connectivity index (χ1n) is 9.04. The minimum atomic E-state index is -2.91. The molecule has 1 atom stereocenters. The van der Waals surface area contributed by atoms with Gasteiger partial charge < -0.3 is 9.73 Å². The maximum atomic E-state index is 12.2. The Balaban J connectivity index is 1.26. The Bertz CT molecular complexity index is 955. The molecule has 4 rings (SSSR count). The number of carbonyl (C=O) groups is 1. The lowest BCUT2D eigenvalue weighted by Gasteiger charge is -2.06. The van der Waals surface area contributed by atoms with Crippen LogP contribution in [-0.4, -0.2) is 41.8 Å². The number of amides is 1. The van der Waals surface area contributed by atoms with Crippen LogP contribution >= 0.6 is 11.8 Å². The number of sulfone groups is 1. The van der Waals surface area contributed by atoms with Gasteiger partial charge in [0.1, 0.15) is 0 Å². The third kappa shape index (κ3) is 4.70. The summed E-state index contributed by atoms with van der Waals surface area (Å²) in [5.41, 5.74) is 3.50. The Kier molecular flexibility index (Phi) is 5.23. The van der Waals surface area contributed by atoms with Crippen molar-refractivity contribution >= 4 is 33.2 Å². The summed E-state index contributed by atoms with van der Waals surface area (Å²) in [5, 5.41) is 11.1. The summed E-state index contributed by atoms with van der Waals surface area (Å²) in [6.07, 6.45) is 4.46. The van der Waals surface area contributed by atoms with Crippen LogP contribution in [0.4, 0.5) is 5.69 Å². The normalized spacial score (nSPS) is 20.5. The number of benzene rings is 1. The van der Waals surface area contributed by atoms with Gasteiger partial charge >= 0.3 is 0 Å². The van der Waals surface area contributed by atoms with Gasteiger partial charge in [0.2, 0.25) is 11.8 Å². The van der Waals surface area contributed by atoms with Gasteiger partial charge in [-0.25, -0.2) is 8.42 Å². The molecular formula is C18H21N3O4S2. The number of anilines is 1. The lowest BCUT2D eigenvalue weighted by atomic mass is 10.1. The second-order valence-electron chi connectivity index (χ2n) is 7.11. The van der Waals surface area contributed by atoms with Crippen LogP contribution in [0.2, 0.25) is 0 Å². The molecule has 0 spiro atoms. The van der Waals surface area contributed by atoms with Crippen molar-refractivity contribution < 1.29 is 17.6 Å². The summed E-state index contributed by atoms with van der Waals surface area (Å²) >= 11 is 1.18. The minimum absolute atomic E-state index is 0.0383. The van der Waals surface area contributed by atoms with Crippen LogP contribution in [0.5, 0.6) is 0 Å².